The van der Waals surface area contributed by atoms with Crippen molar-refractivity contribution in [1.82, 2.24) is 5.32 Å². The molecule has 1 N–H and O–H groups in total. The molecule has 136 valence electrons. The predicted octanol–water partition coefficient (Wildman–Crippen LogP) is 2.39. The molecule has 6 nitrogen and oxygen atoms in total. The maximum atomic E-state index is 13.8. The van der Waals surface area contributed by atoms with Gasteiger partial charge in [0, 0.05) is 6.54 Å². The Bertz CT molecular complexity index is 717. The van der Waals surface area contributed by atoms with Crippen LogP contribution in [-0.4, -0.2) is 39.5 Å². The third-order valence-corrected chi connectivity index (χ3v) is 3.85. The first-order chi connectivity index (χ1) is 10.8. The summed E-state index contributed by atoms with van der Waals surface area (Å²) >= 11 is 0. The number of anilines is 1. The Morgan fingerprint density at radius 3 is 2.29 bits per heavy atom. The summed E-state index contributed by atoms with van der Waals surface area (Å²) in [6.07, 6.45) is -0.0111. The fourth-order valence-corrected chi connectivity index (χ4v) is 2.67. The quantitative estimate of drug-likeness (QED) is 0.810. The smallest absolute Gasteiger partial charge is 0.407 e. The van der Waals surface area contributed by atoms with Crippen molar-refractivity contribution >= 4 is 21.8 Å². The Balaban J connectivity index is 2.90. The highest BCUT2D eigenvalue weighted by molar-refractivity contribution is 7.92. The molecule has 0 atom stereocenters. The summed E-state index contributed by atoms with van der Waals surface area (Å²) in [4.78, 5) is 11.5. The first-order valence-electron chi connectivity index (χ1n) is 6.91. The molecule has 1 aromatic carbocycles. The fraction of sp³-hybridized carbons (Fsp3) is 0.500. The molecule has 1 rings (SSSR count). The molecule has 0 heterocycles. The molecule has 0 aromatic heterocycles. The molecule has 10 heteroatoms. The van der Waals surface area contributed by atoms with Crippen molar-refractivity contribution in [2.75, 3.05) is 23.7 Å². The van der Waals surface area contributed by atoms with Crippen LogP contribution in [0.15, 0.2) is 12.1 Å². The van der Waals surface area contributed by atoms with E-state index in [1.807, 2.05) is 0 Å². The second-order valence-corrected chi connectivity index (χ2v) is 7.87. The van der Waals surface area contributed by atoms with Crippen LogP contribution in [-0.2, 0) is 14.8 Å². The number of nitrogens with zero attached hydrogens (tertiary/aromatic N) is 1. The van der Waals surface area contributed by atoms with Gasteiger partial charge in [-0.3, -0.25) is 4.31 Å². The van der Waals surface area contributed by atoms with E-state index in [1.54, 1.807) is 20.8 Å². The number of hydrogen-bond donors (Lipinski definition) is 1. The first-order valence-corrected chi connectivity index (χ1v) is 8.76. The summed E-state index contributed by atoms with van der Waals surface area (Å²) in [7, 11) is -3.99. The van der Waals surface area contributed by atoms with Gasteiger partial charge in [0.1, 0.15) is 5.60 Å². The van der Waals surface area contributed by atoms with Crippen LogP contribution in [0.4, 0.5) is 23.7 Å². The van der Waals surface area contributed by atoms with Crippen LogP contribution in [0.3, 0.4) is 0 Å². The van der Waals surface area contributed by atoms with Crippen LogP contribution in [0.2, 0.25) is 0 Å². The predicted molar refractivity (Wildman–Crippen MR) is 82.7 cm³/mol. The molecular weight excluding hydrogens is 349 g/mol. The van der Waals surface area contributed by atoms with Gasteiger partial charge in [-0.1, -0.05) is 0 Å². The zero-order chi connectivity index (χ0) is 18.7. The van der Waals surface area contributed by atoms with E-state index in [1.165, 1.54) is 0 Å². The van der Waals surface area contributed by atoms with Gasteiger partial charge in [0.2, 0.25) is 10.0 Å². The number of carbonyl (C=O) groups is 1. The lowest BCUT2D eigenvalue weighted by atomic mass is 10.2. The molecule has 0 saturated heterocycles. The third-order valence-electron chi connectivity index (χ3n) is 2.67. The normalized spacial score (nSPS) is 12.0. The first kappa shape index (κ1) is 20.1. The number of rotatable bonds is 5. The van der Waals surface area contributed by atoms with E-state index in [2.05, 4.69) is 5.32 Å². The Kier molecular flexibility index (Phi) is 6.09. The van der Waals surface area contributed by atoms with Gasteiger partial charge in [0.25, 0.3) is 0 Å². The van der Waals surface area contributed by atoms with Crippen molar-refractivity contribution in [3.8, 4) is 0 Å². The Morgan fingerprint density at radius 1 is 1.21 bits per heavy atom. The highest BCUT2D eigenvalue weighted by atomic mass is 32.2. The van der Waals surface area contributed by atoms with Crippen LogP contribution in [0.25, 0.3) is 0 Å². The molecule has 1 amide bonds. The number of amides is 1. The highest BCUT2D eigenvalue weighted by Gasteiger charge is 2.25. The lowest BCUT2D eigenvalue weighted by Gasteiger charge is -2.24. The second kappa shape index (κ2) is 7.29. The number of nitrogens with one attached hydrogen (secondary N) is 1. The third kappa shape index (κ3) is 5.59. The number of halogens is 3. The molecule has 0 bridgehead atoms. The summed E-state index contributed by atoms with van der Waals surface area (Å²) in [5.41, 5.74) is -1.39. The molecule has 0 saturated carbocycles. The van der Waals surface area contributed by atoms with Crippen LogP contribution < -0.4 is 9.62 Å². The maximum absolute atomic E-state index is 13.8. The van der Waals surface area contributed by atoms with Crippen molar-refractivity contribution in [2.24, 2.45) is 0 Å². The molecular formula is C14H19F3N2O4S. The summed E-state index contributed by atoms with van der Waals surface area (Å²) < 4.78 is 69.2. The van der Waals surface area contributed by atoms with E-state index >= 15 is 0 Å². The molecule has 24 heavy (non-hydrogen) atoms. The molecule has 0 unspecified atom stereocenters. The van der Waals surface area contributed by atoms with Crippen molar-refractivity contribution in [2.45, 2.75) is 26.4 Å². The SMILES string of the molecule is CC(C)(C)OC(=O)NCCN(c1ccc(F)c(F)c1F)S(C)(=O)=O. The molecule has 0 fully saturated rings. The van der Waals surface area contributed by atoms with Gasteiger partial charge >= 0.3 is 6.09 Å². The average molecular weight is 368 g/mol. The van der Waals surface area contributed by atoms with Crippen molar-refractivity contribution in [3.63, 3.8) is 0 Å². The maximum Gasteiger partial charge on any atom is 0.407 e. The molecule has 0 aliphatic carbocycles. The average Bonchev–Trinajstić information content (AvgIpc) is 2.39. The van der Waals surface area contributed by atoms with Gasteiger partial charge in [-0.05, 0) is 32.9 Å². The zero-order valence-corrected chi connectivity index (χ0v) is 14.5. The largest absolute Gasteiger partial charge is 0.444 e. The number of carbonyl (C=O) groups excluding carboxylic acids is 1. The van der Waals surface area contributed by atoms with Crippen molar-refractivity contribution in [1.29, 1.82) is 0 Å². The van der Waals surface area contributed by atoms with Crippen LogP contribution in [0.1, 0.15) is 20.8 Å². The van der Waals surface area contributed by atoms with Crippen LogP contribution in [0.5, 0.6) is 0 Å². The second-order valence-electron chi connectivity index (χ2n) is 5.96. The van der Waals surface area contributed by atoms with Gasteiger partial charge in [-0.15, -0.1) is 0 Å². The molecule has 0 spiro atoms. The molecule has 0 aliphatic heterocycles. The minimum atomic E-state index is -3.99. The lowest BCUT2D eigenvalue weighted by Crippen LogP contribution is -2.40. The van der Waals surface area contributed by atoms with Gasteiger partial charge in [-0.2, -0.15) is 0 Å². The lowest BCUT2D eigenvalue weighted by molar-refractivity contribution is 0.0529. The molecule has 1 aromatic rings. The number of hydrogen-bond acceptors (Lipinski definition) is 4. The monoisotopic (exact) mass is 368 g/mol. The number of alkyl carbamates (subject to hydrolysis) is 1. The topological polar surface area (TPSA) is 75.7 Å². The van der Waals surface area contributed by atoms with Gasteiger partial charge in [-0.25, -0.2) is 26.4 Å². The molecule has 0 aliphatic rings. The van der Waals surface area contributed by atoms with Gasteiger partial charge in [0.15, 0.2) is 17.5 Å². The van der Waals surface area contributed by atoms with Crippen LogP contribution >= 0.6 is 0 Å². The summed E-state index contributed by atoms with van der Waals surface area (Å²) in [6, 6.07) is 1.43. The Labute approximate surface area is 138 Å². The molecule has 0 radical (unpaired) electrons. The van der Waals surface area contributed by atoms with Crippen molar-refractivity contribution < 1.29 is 31.1 Å². The minimum Gasteiger partial charge on any atom is -0.444 e. The van der Waals surface area contributed by atoms with Crippen molar-refractivity contribution in [3.05, 3.63) is 29.6 Å². The van der Waals surface area contributed by atoms with E-state index in [0.29, 0.717) is 10.4 Å². The Morgan fingerprint density at radius 2 is 1.79 bits per heavy atom. The summed E-state index contributed by atoms with van der Waals surface area (Å²) in [5.74, 6) is -4.84. The standard InChI is InChI=1S/C14H19F3N2O4S/c1-14(2,3)23-13(20)18-7-8-19(24(4,21)22)10-6-5-9(15)11(16)12(10)17/h5-6H,7-8H2,1-4H3,(H,18,20). The van der Waals surface area contributed by atoms with Crippen LogP contribution in [0, 0.1) is 17.5 Å². The minimum absolute atomic E-state index is 0.222. The number of sulfonamides is 1. The van der Waals surface area contributed by atoms with Gasteiger partial charge < -0.3 is 10.1 Å². The summed E-state index contributed by atoms with van der Waals surface area (Å²) in [6.45, 7) is 4.32. The number of ether oxygens (including phenoxy) is 1. The fourth-order valence-electron chi connectivity index (χ4n) is 1.75. The zero-order valence-electron chi connectivity index (χ0n) is 13.7. The van der Waals surface area contributed by atoms with E-state index in [9.17, 15) is 26.4 Å². The van der Waals surface area contributed by atoms with Gasteiger partial charge in [0.05, 0.1) is 18.5 Å². The van der Waals surface area contributed by atoms with E-state index in [0.717, 1.165) is 12.3 Å². The Hall–Kier alpha value is -1.97. The van der Waals surface area contributed by atoms with E-state index in [-0.39, 0.29) is 13.1 Å². The highest BCUT2D eigenvalue weighted by Crippen LogP contribution is 2.25. The van der Waals surface area contributed by atoms with E-state index < -0.39 is 44.9 Å². The number of benzene rings is 1. The van der Waals surface area contributed by atoms with E-state index in [4.69, 9.17) is 4.74 Å². The summed E-state index contributed by atoms with van der Waals surface area (Å²) in [5, 5.41) is 2.30.